The summed E-state index contributed by atoms with van der Waals surface area (Å²) >= 11 is 0. The van der Waals surface area contributed by atoms with Gasteiger partial charge in [-0.05, 0) is 129 Å². The molecule has 3 heteroatoms. The third-order valence-corrected chi connectivity index (χ3v) is 12.8. The fourth-order valence-electron chi connectivity index (χ4n) is 9.72. The van der Waals surface area contributed by atoms with Gasteiger partial charge >= 0.3 is 0 Å². The lowest BCUT2D eigenvalue weighted by molar-refractivity contribution is 0.632. The fraction of sp³-hybridized carbons (Fsp3) is 0.0526. The number of aromatic nitrogens is 1. The summed E-state index contributed by atoms with van der Waals surface area (Å²) in [6.07, 6.45) is 0. The first kappa shape index (κ1) is 34.4. The predicted molar refractivity (Wildman–Crippen MR) is 251 cm³/mol. The molecular weight excluding hydrogens is 729 g/mol. The van der Waals surface area contributed by atoms with E-state index in [2.05, 4.69) is 217 Å². The maximum Gasteiger partial charge on any atom is 0.135 e. The zero-order valence-electron chi connectivity index (χ0n) is 33.4. The summed E-state index contributed by atoms with van der Waals surface area (Å²) in [6.45, 7) is 4.77. The third kappa shape index (κ3) is 5.29. The molecule has 1 aliphatic heterocycles. The van der Waals surface area contributed by atoms with Crippen molar-refractivity contribution < 1.29 is 4.42 Å². The van der Waals surface area contributed by atoms with E-state index in [0.717, 1.165) is 27.6 Å². The van der Waals surface area contributed by atoms with Crippen LogP contribution in [0.2, 0.25) is 0 Å². The van der Waals surface area contributed by atoms with Gasteiger partial charge in [-0.25, -0.2) is 0 Å². The van der Waals surface area contributed by atoms with Gasteiger partial charge in [0.15, 0.2) is 0 Å². The molecule has 0 unspecified atom stereocenters. The summed E-state index contributed by atoms with van der Waals surface area (Å²) in [7, 11) is 0. The first-order chi connectivity index (χ1) is 29.5. The lowest BCUT2D eigenvalue weighted by Crippen LogP contribution is -2.30. The summed E-state index contributed by atoms with van der Waals surface area (Å²) < 4.78 is 8.59. The van der Waals surface area contributed by atoms with E-state index in [-0.39, 0.29) is 5.41 Å². The van der Waals surface area contributed by atoms with Gasteiger partial charge in [0.1, 0.15) is 11.2 Å². The molecular formula is C57H40N2O. The number of fused-ring (bicyclic) bond motifs is 8. The quantitative estimate of drug-likeness (QED) is 0.174. The average molecular weight is 769 g/mol. The SMILES string of the molecule is CC1(C)c2cc(-c3ccc4oc5ccccc5c4c3)ccc2N(c2ccc(-c3ccccc3)cc2)c2ccc(-c3ccc4c(c3)c3ccccc3n4-c3ccccc3)cc21. The second kappa shape index (κ2) is 13.2. The monoisotopic (exact) mass is 768 g/mol. The first-order valence-electron chi connectivity index (χ1n) is 20.7. The molecule has 0 radical (unpaired) electrons. The lowest BCUT2D eigenvalue weighted by Gasteiger charge is -2.42. The van der Waals surface area contributed by atoms with Crippen LogP contribution in [0.3, 0.4) is 0 Å². The van der Waals surface area contributed by atoms with Gasteiger partial charge in [-0.3, -0.25) is 0 Å². The van der Waals surface area contributed by atoms with E-state index in [1.807, 2.05) is 12.1 Å². The largest absolute Gasteiger partial charge is 0.456 e. The Hall–Kier alpha value is -7.62. The minimum Gasteiger partial charge on any atom is -0.456 e. The van der Waals surface area contributed by atoms with Crippen LogP contribution in [-0.4, -0.2) is 4.57 Å². The van der Waals surface area contributed by atoms with Crippen molar-refractivity contribution in [3.8, 4) is 39.1 Å². The molecule has 3 nitrogen and oxygen atoms in total. The van der Waals surface area contributed by atoms with Crippen LogP contribution < -0.4 is 4.90 Å². The van der Waals surface area contributed by atoms with E-state index < -0.39 is 0 Å². The van der Waals surface area contributed by atoms with Gasteiger partial charge in [0.25, 0.3) is 0 Å². The highest BCUT2D eigenvalue weighted by atomic mass is 16.3. The molecule has 12 rings (SSSR count). The minimum atomic E-state index is -0.308. The average Bonchev–Trinajstić information content (AvgIpc) is 3.85. The van der Waals surface area contributed by atoms with Crippen molar-refractivity contribution >= 4 is 60.8 Å². The third-order valence-electron chi connectivity index (χ3n) is 12.8. The number of hydrogen-bond acceptors (Lipinski definition) is 2. The number of furan rings is 1. The Morgan fingerprint density at radius 2 is 0.850 bits per heavy atom. The Balaban J connectivity index is 1.02. The van der Waals surface area contributed by atoms with Gasteiger partial charge in [0, 0.05) is 38.3 Å². The van der Waals surface area contributed by atoms with Crippen molar-refractivity contribution in [2.75, 3.05) is 4.90 Å². The van der Waals surface area contributed by atoms with E-state index in [1.54, 1.807) is 0 Å². The molecule has 11 aromatic rings. The molecule has 1 aliphatic rings. The van der Waals surface area contributed by atoms with Crippen molar-refractivity contribution in [3.05, 3.63) is 217 Å². The highest BCUT2D eigenvalue weighted by molar-refractivity contribution is 6.11. The van der Waals surface area contributed by atoms with Crippen molar-refractivity contribution in [3.63, 3.8) is 0 Å². The molecule has 3 heterocycles. The zero-order chi connectivity index (χ0) is 40.0. The van der Waals surface area contributed by atoms with Crippen LogP contribution in [0, 0.1) is 0 Å². The molecule has 2 aromatic heterocycles. The molecule has 9 aromatic carbocycles. The molecule has 60 heavy (non-hydrogen) atoms. The number of nitrogens with zero attached hydrogens (tertiary/aromatic N) is 2. The van der Waals surface area contributed by atoms with Crippen molar-refractivity contribution in [2.24, 2.45) is 0 Å². The minimum absolute atomic E-state index is 0.308. The first-order valence-corrected chi connectivity index (χ1v) is 20.7. The second-order valence-electron chi connectivity index (χ2n) is 16.6. The summed E-state index contributed by atoms with van der Waals surface area (Å²) in [5, 5.41) is 4.78. The van der Waals surface area contributed by atoms with Gasteiger partial charge in [-0.2, -0.15) is 0 Å². The van der Waals surface area contributed by atoms with Crippen LogP contribution in [0.1, 0.15) is 25.0 Å². The van der Waals surface area contributed by atoms with Crippen molar-refractivity contribution in [2.45, 2.75) is 19.3 Å². The van der Waals surface area contributed by atoms with Gasteiger partial charge in [-0.15, -0.1) is 0 Å². The highest BCUT2D eigenvalue weighted by Crippen LogP contribution is 2.54. The fourth-order valence-corrected chi connectivity index (χ4v) is 9.72. The van der Waals surface area contributed by atoms with Crippen LogP contribution in [0.5, 0.6) is 0 Å². The molecule has 0 bridgehead atoms. The highest BCUT2D eigenvalue weighted by Gasteiger charge is 2.37. The summed E-state index contributed by atoms with van der Waals surface area (Å²) in [4.78, 5) is 2.46. The Morgan fingerprint density at radius 3 is 1.57 bits per heavy atom. The molecule has 0 amide bonds. The topological polar surface area (TPSA) is 21.3 Å². The van der Waals surface area contributed by atoms with E-state index in [0.29, 0.717) is 0 Å². The molecule has 0 saturated heterocycles. The Morgan fingerprint density at radius 1 is 0.350 bits per heavy atom. The molecule has 0 atom stereocenters. The Kier molecular flexibility index (Phi) is 7.58. The Labute approximate surface area is 349 Å². The summed E-state index contributed by atoms with van der Waals surface area (Å²) in [5.41, 5.74) is 18.4. The smallest absolute Gasteiger partial charge is 0.135 e. The zero-order valence-corrected chi connectivity index (χ0v) is 33.4. The van der Waals surface area contributed by atoms with E-state index in [9.17, 15) is 0 Å². The van der Waals surface area contributed by atoms with Crippen molar-refractivity contribution in [1.82, 2.24) is 4.57 Å². The predicted octanol–water partition coefficient (Wildman–Crippen LogP) is 15.8. The molecule has 0 N–H and O–H groups in total. The van der Waals surface area contributed by atoms with Gasteiger partial charge in [0.2, 0.25) is 0 Å². The number of benzene rings is 9. The number of rotatable bonds is 5. The van der Waals surface area contributed by atoms with Gasteiger partial charge in [0.05, 0.1) is 22.4 Å². The van der Waals surface area contributed by atoms with Crippen LogP contribution in [0.4, 0.5) is 17.1 Å². The van der Waals surface area contributed by atoms with Crippen LogP contribution in [-0.2, 0) is 5.41 Å². The molecule has 284 valence electrons. The lowest BCUT2D eigenvalue weighted by atomic mass is 9.72. The van der Waals surface area contributed by atoms with E-state index >= 15 is 0 Å². The summed E-state index contributed by atoms with van der Waals surface area (Å²) in [5.74, 6) is 0. The maximum absolute atomic E-state index is 6.21. The molecule has 0 saturated carbocycles. The van der Waals surface area contributed by atoms with Crippen LogP contribution in [0.25, 0.3) is 82.8 Å². The number of para-hydroxylation sites is 3. The van der Waals surface area contributed by atoms with E-state index in [1.165, 1.54) is 83.4 Å². The number of hydrogen-bond donors (Lipinski definition) is 0. The van der Waals surface area contributed by atoms with Crippen LogP contribution in [0.15, 0.2) is 211 Å². The maximum atomic E-state index is 6.21. The van der Waals surface area contributed by atoms with E-state index in [4.69, 9.17) is 4.42 Å². The van der Waals surface area contributed by atoms with Gasteiger partial charge in [-0.1, -0.05) is 135 Å². The van der Waals surface area contributed by atoms with Crippen molar-refractivity contribution in [1.29, 1.82) is 0 Å². The molecule has 0 spiro atoms. The van der Waals surface area contributed by atoms with Crippen LogP contribution >= 0.6 is 0 Å². The standard InChI is InChI=1S/C57H40N2O/c1-57(2)49-35-41(39-23-29-52-47(33-39)45-17-9-11-19-51(45)58(52)43-15-7-4-8-16-43)24-30-53(49)59(44-27-21-38(22-28-44)37-13-5-3-6-14-37)54-31-25-42(36-50(54)57)40-26-32-56-48(34-40)46-18-10-12-20-55(46)60-56/h3-36H,1-2H3. The normalized spacial score (nSPS) is 13.3. The molecule has 0 aliphatic carbocycles. The summed E-state index contributed by atoms with van der Waals surface area (Å²) in [6, 6.07) is 75.1. The molecule has 0 fully saturated rings. The Bertz CT molecular complexity index is 3450. The second-order valence-corrected chi connectivity index (χ2v) is 16.6. The number of anilines is 3. The van der Waals surface area contributed by atoms with Gasteiger partial charge < -0.3 is 13.9 Å².